The van der Waals surface area contributed by atoms with E-state index in [1.54, 1.807) is 0 Å². The second-order valence-corrected chi connectivity index (χ2v) is 11.4. The van der Waals surface area contributed by atoms with E-state index >= 15 is 0 Å². The molecule has 1 aromatic carbocycles. The molecule has 1 N–H and O–H groups in total. The SMILES string of the molecule is N#CC1CN(S(=O)(=O)N2CCC[C@H](C(=O)N3CCC[C@@H]3C(=O)NCc3ccc(C(F)(F)F)cc3)C2)C1. The highest BCUT2D eigenvalue weighted by Gasteiger charge is 2.44. The molecule has 3 aliphatic heterocycles. The molecule has 1 aromatic rings. The van der Waals surface area contributed by atoms with Crippen LogP contribution in [-0.4, -0.2) is 72.5 Å². The lowest BCUT2D eigenvalue weighted by atomic mass is 9.97. The lowest BCUT2D eigenvalue weighted by molar-refractivity contribution is -0.142. The van der Waals surface area contributed by atoms with Crippen molar-refractivity contribution in [2.45, 2.75) is 44.4 Å². The molecule has 0 unspecified atom stereocenters. The van der Waals surface area contributed by atoms with Crippen molar-refractivity contribution in [3.8, 4) is 6.07 Å². The fraction of sp³-hybridized carbons (Fsp3) is 0.609. The van der Waals surface area contributed by atoms with Crippen molar-refractivity contribution in [2.75, 3.05) is 32.7 Å². The van der Waals surface area contributed by atoms with Gasteiger partial charge in [-0.3, -0.25) is 9.59 Å². The summed E-state index contributed by atoms with van der Waals surface area (Å²) >= 11 is 0. The summed E-state index contributed by atoms with van der Waals surface area (Å²) in [5.41, 5.74) is -0.266. The van der Waals surface area contributed by atoms with Gasteiger partial charge in [0, 0.05) is 39.3 Å². The first-order chi connectivity index (χ1) is 17.0. The average Bonchev–Trinajstić information content (AvgIpc) is 3.31. The molecule has 36 heavy (non-hydrogen) atoms. The third-order valence-corrected chi connectivity index (χ3v) is 8.94. The van der Waals surface area contributed by atoms with Gasteiger partial charge in [0.2, 0.25) is 11.8 Å². The summed E-state index contributed by atoms with van der Waals surface area (Å²) in [6.45, 7) is 1.06. The quantitative estimate of drug-likeness (QED) is 0.605. The van der Waals surface area contributed by atoms with Gasteiger partial charge in [-0.2, -0.15) is 35.5 Å². The minimum absolute atomic E-state index is 0.0322. The highest BCUT2D eigenvalue weighted by molar-refractivity contribution is 7.86. The number of carbonyl (C=O) groups is 2. The third-order valence-electron chi connectivity index (χ3n) is 7.00. The molecule has 4 rings (SSSR count). The van der Waals surface area contributed by atoms with Gasteiger partial charge in [-0.15, -0.1) is 0 Å². The fourth-order valence-corrected chi connectivity index (χ4v) is 6.67. The molecular formula is C23H28F3N5O4S. The smallest absolute Gasteiger partial charge is 0.350 e. The van der Waals surface area contributed by atoms with E-state index in [0.717, 1.165) is 12.1 Å². The Labute approximate surface area is 208 Å². The Morgan fingerprint density at radius 2 is 1.69 bits per heavy atom. The van der Waals surface area contributed by atoms with E-state index < -0.39 is 33.9 Å². The molecule has 3 heterocycles. The maximum Gasteiger partial charge on any atom is 0.416 e. The zero-order valence-corrected chi connectivity index (χ0v) is 20.4. The molecule has 3 aliphatic rings. The van der Waals surface area contributed by atoms with Crippen LogP contribution in [0.15, 0.2) is 24.3 Å². The molecule has 3 saturated heterocycles. The highest BCUT2D eigenvalue weighted by Crippen LogP contribution is 2.30. The molecule has 2 amide bonds. The van der Waals surface area contributed by atoms with E-state index in [1.165, 1.54) is 25.6 Å². The molecule has 0 bridgehead atoms. The standard InChI is InChI=1S/C23H28F3N5O4S/c24-23(25,26)19-7-5-16(6-8-19)12-28-21(32)20-4-2-10-31(20)22(33)18-3-1-9-29(15-18)36(34,35)30-13-17(11-27)14-30/h5-8,17-18,20H,1-4,9-10,12-15H2,(H,28,32)/t18-,20+/m0/s1. The van der Waals surface area contributed by atoms with Gasteiger partial charge in [-0.1, -0.05) is 12.1 Å². The number of piperidine rings is 1. The molecular weight excluding hydrogens is 499 g/mol. The zero-order valence-electron chi connectivity index (χ0n) is 19.6. The van der Waals surface area contributed by atoms with Crippen molar-refractivity contribution in [1.82, 2.24) is 18.8 Å². The lowest BCUT2D eigenvalue weighted by Crippen LogP contribution is -2.57. The Morgan fingerprint density at radius 3 is 2.33 bits per heavy atom. The van der Waals surface area contributed by atoms with E-state index in [1.807, 2.05) is 6.07 Å². The van der Waals surface area contributed by atoms with Gasteiger partial charge < -0.3 is 10.2 Å². The van der Waals surface area contributed by atoms with E-state index in [0.29, 0.717) is 44.3 Å². The first-order valence-corrected chi connectivity index (χ1v) is 13.3. The molecule has 2 atom stereocenters. The van der Waals surface area contributed by atoms with Crippen LogP contribution in [0.4, 0.5) is 13.2 Å². The van der Waals surface area contributed by atoms with Gasteiger partial charge in [-0.25, -0.2) is 0 Å². The summed E-state index contributed by atoms with van der Waals surface area (Å²) in [7, 11) is -3.74. The minimum Gasteiger partial charge on any atom is -0.350 e. The summed E-state index contributed by atoms with van der Waals surface area (Å²) in [5, 5.41) is 11.6. The number of alkyl halides is 3. The van der Waals surface area contributed by atoms with Crippen molar-refractivity contribution >= 4 is 22.0 Å². The van der Waals surface area contributed by atoms with Crippen molar-refractivity contribution in [2.24, 2.45) is 11.8 Å². The maximum atomic E-state index is 13.3. The number of nitriles is 1. The molecule has 0 spiro atoms. The topological polar surface area (TPSA) is 114 Å². The number of nitrogens with one attached hydrogen (secondary N) is 1. The van der Waals surface area contributed by atoms with Gasteiger partial charge in [0.1, 0.15) is 6.04 Å². The number of hydrogen-bond donors (Lipinski definition) is 1. The van der Waals surface area contributed by atoms with Gasteiger partial charge in [0.15, 0.2) is 0 Å². The second kappa shape index (κ2) is 10.4. The van der Waals surface area contributed by atoms with Crippen LogP contribution >= 0.6 is 0 Å². The first kappa shape index (κ1) is 26.4. The Morgan fingerprint density at radius 1 is 1.03 bits per heavy atom. The summed E-state index contributed by atoms with van der Waals surface area (Å²) in [6, 6.07) is 5.85. The predicted octanol–water partition coefficient (Wildman–Crippen LogP) is 1.72. The van der Waals surface area contributed by atoms with Crippen LogP contribution in [0.3, 0.4) is 0 Å². The highest BCUT2D eigenvalue weighted by atomic mass is 32.2. The number of amides is 2. The Kier molecular flexibility index (Phi) is 7.59. The second-order valence-electron chi connectivity index (χ2n) is 9.45. The van der Waals surface area contributed by atoms with Crippen molar-refractivity contribution < 1.29 is 31.2 Å². The number of rotatable bonds is 6. The molecule has 0 aliphatic carbocycles. The number of halogens is 3. The molecule has 0 aromatic heterocycles. The molecule has 196 valence electrons. The van der Waals surface area contributed by atoms with Gasteiger partial charge in [-0.05, 0) is 43.4 Å². The van der Waals surface area contributed by atoms with E-state index in [-0.39, 0.29) is 43.9 Å². The Hall–Kier alpha value is -2.69. The molecule has 3 fully saturated rings. The summed E-state index contributed by atoms with van der Waals surface area (Å²) in [6.07, 6.45) is -2.31. The lowest BCUT2D eigenvalue weighted by Gasteiger charge is -2.41. The van der Waals surface area contributed by atoms with Gasteiger partial charge in [0.05, 0.1) is 23.5 Å². The molecule has 13 heteroatoms. The summed E-state index contributed by atoms with van der Waals surface area (Å²) in [5.74, 6) is -1.52. The van der Waals surface area contributed by atoms with Crippen molar-refractivity contribution in [3.63, 3.8) is 0 Å². The first-order valence-electron chi connectivity index (χ1n) is 11.9. The summed E-state index contributed by atoms with van der Waals surface area (Å²) < 4.78 is 66.5. The molecule has 0 radical (unpaired) electrons. The monoisotopic (exact) mass is 527 g/mol. The van der Waals surface area contributed by atoms with Crippen LogP contribution in [-0.2, 0) is 32.5 Å². The average molecular weight is 528 g/mol. The van der Waals surface area contributed by atoms with Crippen LogP contribution in [0.25, 0.3) is 0 Å². The van der Waals surface area contributed by atoms with E-state index in [4.69, 9.17) is 5.26 Å². The van der Waals surface area contributed by atoms with Crippen LogP contribution < -0.4 is 5.32 Å². The van der Waals surface area contributed by atoms with Crippen molar-refractivity contribution in [1.29, 1.82) is 5.26 Å². The maximum absolute atomic E-state index is 13.3. The third kappa shape index (κ3) is 5.50. The fourth-order valence-electron chi connectivity index (χ4n) is 4.88. The zero-order chi connectivity index (χ0) is 26.1. The van der Waals surface area contributed by atoms with Gasteiger partial charge in [0.25, 0.3) is 10.2 Å². The van der Waals surface area contributed by atoms with Crippen LogP contribution in [0.2, 0.25) is 0 Å². The van der Waals surface area contributed by atoms with Crippen LogP contribution in [0.1, 0.15) is 36.8 Å². The molecule has 9 nitrogen and oxygen atoms in total. The summed E-state index contributed by atoms with van der Waals surface area (Å²) in [4.78, 5) is 27.6. The van der Waals surface area contributed by atoms with Crippen LogP contribution in [0, 0.1) is 23.2 Å². The van der Waals surface area contributed by atoms with Crippen molar-refractivity contribution in [3.05, 3.63) is 35.4 Å². The number of nitrogens with zero attached hydrogens (tertiary/aromatic N) is 4. The van der Waals surface area contributed by atoms with E-state index in [2.05, 4.69) is 5.32 Å². The van der Waals surface area contributed by atoms with Crippen LogP contribution in [0.5, 0.6) is 0 Å². The Bertz CT molecular complexity index is 1130. The molecule has 0 saturated carbocycles. The number of benzene rings is 1. The van der Waals surface area contributed by atoms with E-state index in [9.17, 15) is 31.2 Å². The minimum atomic E-state index is -4.44. The Balaban J connectivity index is 1.34. The number of carbonyl (C=O) groups excluding carboxylic acids is 2. The number of likely N-dealkylation sites (tertiary alicyclic amines) is 1. The largest absolute Gasteiger partial charge is 0.416 e. The number of hydrogen-bond acceptors (Lipinski definition) is 5. The van der Waals surface area contributed by atoms with Gasteiger partial charge >= 0.3 is 6.18 Å². The normalized spacial score (nSPS) is 24.2. The predicted molar refractivity (Wildman–Crippen MR) is 122 cm³/mol.